The molecule has 0 spiro atoms. The minimum absolute atomic E-state index is 0.836. The predicted molar refractivity (Wildman–Crippen MR) is 90.1 cm³/mol. The Labute approximate surface area is 131 Å². The fourth-order valence-corrected chi connectivity index (χ4v) is 2.58. The maximum absolute atomic E-state index is 6.09. The molecule has 3 nitrogen and oxygen atoms in total. The smallest absolute Gasteiger partial charge is 0.137 e. The Kier molecular flexibility index (Phi) is 4.10. The minimum Gasteiger partial charge on any atom is -0.497 e. The Balaban J connectivity index is 2.09. The summed E-state index contributed by atoms with van der Waals surface area (Å²) in [5, 5.41) is 1.06. The highest BCUT2D eigenvalue weighted by Gasteiger charge is 2.12. The summed E-state index contributed by atoms with van der Waals surface area (Å²) in [6, 6.07) is 14.0. The van der Waals surface area contributed by atoms with E-state index in [9.17, 15) is 0 Å². The van der Waals surface area contributed by atoms with E-state index in [4.69, 9.17) is 13.9 Å². The van der Waals surface area contributed by atoms with Gasteiger partial charge >= 0.3 is 0 Å². The second-order valence-corrected chi connectivity index (χ2v) is 5.16. The van der Waals surface area contributed by atoms with Crippen LogP contribution >= 0.6 is 0 Å². The number of fused-ring (bicyclic) bond motifs is 1. The van der Waals surface area contributed by atoms with Crippen molar-refractivity contribution in [3.8, 4) is 22.8 Å². The zero-order valence-corrected chi connectivity index (χ0v) is 13.1. The molecule has 3 rings (SSSR count). The third-order valence-electron chi connectivity index (χ3n) is 3.70. The Bertz CT molecular complexity index is 775. The van der Waals surface area contributed by atoms with Crippen LogP contribution < -0.4 is 9.47 Å². The maximum Gasteiger partial charge on any atom is 0.137 e. The van der Waals surface area contributed by atoms with Gasteiger partial charge in [0.1, 0.15) is 30.1 Å². The molecule has 0 bridgehead atoms. The lowest BCUT2D eigenvalue weighted by Crippen LogP contribution is -1.93. The molecule has 111 valence electrons. The topological polar surface area (TPSA) is 31.6 Å². The van der Waals surface area contributed by atoms with Crippen LogP contribution in [0.2, 0.25) is 6.82 Å². The van der Waals surface area contributed by atoms with Crippen LogP contribution in [0.1, 0.15) is 5.56 Å². The van der Waals surface area contributed by atoms with Crippen LogP contribution in [-0.2, 0) is 6.32 Å². The normalized spacial score (nSPS) is 10.7. The molecule has 0 aliphatic heterocycles. The van der Waals surface area contributed by atoms with Crippen LogP contribution in [0.3, 0.4) is 0 Å². The molecular weight excluding hydrogens is 275 g/mol. The van der Waals surface area contributed by atoms with Gasteiger partial charge in [-0.3, -0.25) is 0 Å². The highest BCUT2D eigenvalue weighted by atomic mass is 16.5. The van der Waals surface area contributed by atoms with E-state index in [-0.39, 0.29) is 0 Å². The highest BCUT2D eigenvalue weighted by Crippen LogP contribution is 2.33. The number of furan rings is 1. The SMILES string of the molecule is C[B]Cc1cc(OC)cc2cc(-c3ccc(OC)cc3)oc12. The van der Waals surface area contributed by atoms with Crippen molar-refractivity contribution in [2.45, 2.75) is 13.1 Å². The lowest BCUT2D eigenvalue weighted by atomic mass is 9.75. The highest BCUT2D eigenvalue weighted by molar-refractivity contribution is 6.33. The predicted octanol–water partition coefficient (Wildman–Crippen LogP) is 4.37. The molecule has 0 fully saturated rings. The van der Waals surface area contributed by atoms with Gasteiger partial charge in [-0.2, -0.15) is 0 Å². The summed E-state index contributed by atoms with van der Waals surface area (Å²) in [5.74, 6) is 2.54. The van der Waals surface area contributed by atoms with Gasteiger partial charge in [0.05, 0.1) is 14.2 Å². The molecule has 1 radical (unpaired) electrons. The first-order valence-electron chi connectivity index (χ1n) is 7.28. The average Bonchev–Trinajstić information content (AvgIpc) is 2.99. The number of rotatable bonds is 5. The zero-order valence-electron chi connectivity index (χ0n) is 13.1. The summed E-state index contributed by atoms with van der Waals surface area (Å²) < 4.78 is 16.7. The van der Waals surface area contributed by atoms with Gasteiger partial charge in [-0.05, 0) is 48.0 Å². The summed E-state index contributed by atoms with van der Waals surface area (Å²) >= 11 is 0. The van der Waals surface area contributed by atoms with Crippen molar-refractivity contribution < 1.29 is 13.9 Å². The van der Waals surface area contributed by atoms with E-state index >= 15 is 0 Å². The molecule has 0 saturated carbocycles. The number of ether oxygens (including phenoxy) is 2. The first kappa shape index (κ1) is 14.6. The monoisotopic (exact) mass is 293 g/mol. The second-order valence-electron chi connectivity index (χ2n) is 5.16. The van der Waals surface area contributed by atoms with Crippen LogP contribution in [0.25, 0.3) is 22.3 Å². The van der Waals surface area contributed by atoms with Gasteiger partial charge < -0.3 is 13.9 Å². The molecule has 22 heavy (non-hydrogen) atoms. The third kappa shape index (κ3) is 2.69. The van der Waals surface area contributed by atoms with Gasteiger partial charge in [-0.1, -0.05) is 13.1 Å². The lowest BCUT2D eigenvalue weighted by Gasteiger charge is -2.04. The van der Waals surface area contributed by atoms with Gasteiger partial charge in [-0.15, -0.1) is 0 Å². The Morgan fingerprint density at radius 1 is 0.955 bits per heavy atom. The quantitative estimate of drug-likeness (QED) is 0.655. The van der Waals surface area contributed by atoms with Gasteiger partial charge in [0, 0.05) is 10.9 Å². The molecule has 1 heterocycles. The van der Waals surface area contributed by atoms with Gasteiger partial charge in [0.15, 0.2) is 0 Å². The standard InChI is InChI=1S/C18H18BO3/c1-19-11-14-9-16(21-3)8-13-10-17(22-18(13)14)12-4-6-15(20-2)7-5-12/h4-10H,11H2,1-3H3. The summed E-state index contributed by atoms with van der Waals surface area (Å²) in [5.41, 5.74) is 3.09. The fraction of sp³-hybridized carbons (Fsp3) is 0.222. The van der Waals surface area contributed by atoms with Crippen LogP contribution in [0.15, 0.2) is 46.9 Å². The van der Waals surface area contributed by atoms with E-state index in [0.717, 1.165) is 45.7 Å². The van der Waals surface area contributed by atoms with E-state index in [1.807, 2.05) is 43.2 Å². The molecule has 0 atom stereocenters. The largest absolute Gasteiger partial charge is 0.497 e. The maximum atomic E-state index is 6.09. The van der Waals surface area contributed by atoms with Crippen molar-refractivity contribution in [1.29, 1.82) is 0 Å². The fourth-order valence-electron chi connectivity index (χ4n) is 2.58. The van der Waals surface area contributed by atoms with Crippen molar-refractivity contribution in [1.82, 2.24) is 0 Å². The van der Waals surface area contributed by atoms with Crippen molar-refractivity contribution in [3.63, 3.8) is 0 Å². The summed E-state index contributed by atoms with van der Waals surface area (Å²) in [6.45, 7) is 2.04. The third-order valence-corrected chi connectivity index (χ3v) is 3.70. The molecule has 4 heteroatoms. The molecule has 3 aromatic rings. The molecule has 0 amide bonds. The summed E-state index contributed by atoms with van der Waals surface area (Å²) in [7, 11) is 5.46. The van der Waals surface area contributed by atoms with E-state index in [1.54, 1.807) is 14.2 Å². The average molecular weight is 293 g/mol. The zero-order chi connectivity index (χ0) is 15.5. The molecule has 0 aliphatic rings. The Morgan fingerprint density at radius 2 is 1.68 bits per heavy atom. The van der Waals surface area contributed by atoms with Crippen molar-refractivity contribution >= 4 is 18.2 Å². The molecule has 0 aliphatic carbocycles. The molecule has 1 aromatic heterocycles. The van der Waals surface area contributed by atoms with Crippen molar-refractivity contribution in [3.05, 3.63) is 48.0 Å². The Morgan fingerprint density at radius 3 is 2.32 bits per heavy atom. The van der Waals surface area contributed by atoms with Gasteiger partial charge in [0.2, 0.25) is 0 Å². The van der Waals surface area contributed by atoms with E-state index < -0.39 is 0 Å². The molecule has 0 unspecified atom stereocenters. The van der Waals surface area contributed by atoms with Crippen molar-refractivity contribution in [2.75, 3.05) is 14.2 Å². The summed E-state index contributed by atoms with van der Waals surface area (Å²) in [4.78, 5) is 0. The second kappa shape index (κ2) is 6.18. The number of hydrogen-bond acceptors (Lipinski definition) is 3. The molecule has 2 aromatic carbocycles. The minimum atomic E-state index is 0.836. The van der Waals surface area contributed by atoms with Crippen LogP contribution in [0.4, 0.5) is 0 Å². The van der Waals surface area contributed by atoms with E-state index in [1.165, 1.54) is 0 Å². The number of benzene rings is 2. The Hall–Kier alpha value is -2.36. The van der Waals surface area contributed by atoms with Crippen LogP contribution in [0.5, 0.6) is 11.5 Å². The molecular formula is C18H18BO3. The first-order chi connectivity index (χ1) is 10.7. The molecule has 0 N–H and O–H groups in total. The van der Waals surface area contributed by atoms with Crippen LogP contribution in [0, 0.1) is 0 Å². The number of hydrogen-bond donors (Lipinski definition) is 0. The summed E-state index contributed by atoms with van der Waals surface area (Å²) in [6.07, 6.45) is 0.850. The lowest BCUT2D eigenvalue weighted by molar-refractivity contribution is 0.414. The van der Waals surface area contributed by atoms with E-state index in [2.05, 4.69) is 13.3 Å². The van der Waals surface area contributed by atoms with Gasteiger partial charge in [-0.25, -0.2) is 0 Å². The first-order valence-corrected chi connectivity index (χ1v) is 7.28. The number of methoxy groups -OCH3 is 2. The van der Waals surface area contributed by atoms with Crippen LogP contribution in [-0.4, -0.2) is 21.5 Å². The van der Waals surface area contributed by atoms with E-state index in [0.29, 0.717) is 0 Å². The molecule has 0 saturated heterocycles. The van der Waals surface area contributed by atoms with Crippen molar-refractivity contribution in [2.24, 2.45) is 0 Å². The van der Waals surface area contributed by atoms with Gasteiger partial charge in [0.25, 0.3) is 0 Å².